The Morgan fingerprint density at radius 1 is 0.567 bits per heavy atom. The van der Waals surface area contributed by atoms with Gasteiger partial charge in [-0.15, -0.1) is 6.58 Å². The lowest BCUT2D eigenvalue weighted by molar-refractivity contribution is 0.180. The summed E-state index contributed by atoms with van der Waals surface area (Å²) >= 11 is 0. The molecule has 1 nitrogen and oxygen atoms in total. The van der Waals surface area contributed by atoms with Gasteiger partial charge in [0.15, 0.2) is 8.07 Å². The van der Waals surface area contributed by atoms with Crippen molar-refractivity contribution in [2.75, 3.05) is 0 Å². The maximum atomic E-state index is 11.7. The first-order valence-corrected chi connectivity index (χ1v) is 12.4. The highest BCUT2D eigenvalue weighted by Gasteiger charge is 2.48. The third kappa shape index (κ3) is 3.56. The molecule has 0 aromatic heterocycles. The van der Waals surface area contributed by atoms with Gasteiger partial charge in [-0.05, 0) is 21.1 Å². The zero-order chi connectivity index (χ0) is 20.8. The second-order valence-corrected chi connectivity index (χ2v) is 11.5. The normalized spacial score (nSPS) is 13.4. The Hall–Kier alpha value is -3.20. The summed E-state index contributed by atoms with van der Waals surface area (Å²) in [6.45, 7) is 4.22. The van der Waals surface area contributed by atoms with Crippen LogP contribution in [0.5, 0.6) is 0 Å². The van der Waals surface area contributed by atoms with Crippen LogP contribution in [0.4, 0.5) is 0 Å². The predicted octanol–water partition coefficient (Wildman–Crippen LogP) is 4.45. The highest BCUT2D eigenvalue weighted by atomic mass is 28.3. The van der Waals surface area contributed by atoms with Crippen LogP contribution in [0.15, 0.2) is 134 Å². The minimum atomic E-state index is -2.67. The highest BCUT2D eigenvalue weighted by Crippen LogP contribution is 2.36. The van der Waals surface area contributed by atoms with E-state index in [4.69, 9.17) is 0 Å². The van der Waals surface area contributed by atoms with E-state index in [0.29, 0.717) is 0 Å². The molecule has 2 heteroatoms. The summed E-state index contributed by atoms with van der Waals surface area (Å²) in [5.41, 5.74) is 0.772. The molecule has 30 heavy (non-hydrogen) atoms. The van der Waals surface area contributed by atoms with Gasteiger partial charge in [-0.25, -0.2) is 0 Å². The van der Waals surface area contributed by atoms with Crippen molar-refractivity contribution in [1.29, 1.82) is 0 Å². The quantitative estimate of drug-likeness (QED) is 0.273. The Kier molecular flexibility index (Phi) is 6.08. The number of hydrogen-bond acceptors (Lipinski definition) is 1. The third-order valence-corrected chi connectivity index (χ3v) is 11.2. The van der Waals surface area contributed by atoms with Crippen LogP contribution in [0.2, 0.25) is 5.54 Å². The average Bonchev–Trinajstić information content (AvgIpc) is 2.84. The minimum absolute atomic E-state index is 0.146. The average molecular weight is 407 g/mol. The van der Waals surface area contributed by atoms with Crippen LogP contribution in [0, 0.1) is 0 Å². The number of aliphatic hydroxyl groups is 1. The first-order chi connectivity index (χ1) is 14.8. The van der Waals surface area contributed by atoms with E-state index in [1.807, 2.05) is 36.4 Å². The predicted molar refractivity (Wildman–Crippen MR) is 129 cm³/mol. The SMILES string of the molecule is C=C[C@H]([C@@H](O)c1ccccc1)[Si](c1ccccc1)(c1ccccc1)c1ccccc1. The van der Waals surface area contributed by atoms with Crippen molar-refractivity contribution < 1.29 is 5.11 Å². The molecule has 0 radical (unpaired) electrons. The van der Waals surface area contributed by atoms with Crippen LogP contribution in [0.25, 0.3) is 0 Å². The van der Waals surface area contributed by atoms with Crippen molar-refractivity contribution in [3.05, 3.63) is 140 Å². The van der Waals surface area contributed by atoms with Crippen LogP contribution in [-0.2, 0) is 0 Å². The molecule has 4 aromatic carbocycles. The Morgan fingerprint density at radius 3 is 1.23 bits per heavy atom. The van der Waals surface area contributed by atoms with Gasteiger partial charge in [0, 0.05) is 5.54 Å². The minimum Gasteiger partial charge on any atom is -0.388 e. The molecule has 0 amide bonds. The molecule has 0 unspecified atom stereocenters. The Balaban J connectivity index is 2.05. The standard InChI is InChI=1S/C28H26OSi/c1-2-27(28(29)23-15-7-3-8-16-23)30(24-17-9-4-10-18-24,25-19-11-5-12-20-25)26-21-13-6-14-22-26/h2-22,27-29H,1H2/t27-,28+/m1/s1. The van der Waals surface area contributed by atoms with E-state index in [9.17, 15) is 5.11 Å². The van der Waals surface area contributed by atoms with Crippen LogP contribution in [-0.4, -0.2) is 13.2 Å². The monoisotopic (exact) mass is 406 g/mol. The van der Waals surface area contributed by atoms with E-state index in [2.05, 4.69) is 97.6 Å². The molecule has 4 rings (SSSR count). The first kappa shape index (κ1) is 20.1. The number of hydrogen-bond donors (Lipinski definition) is 1. The third-order valence-electron chi connectivity index (χ3n) is 5.92. The fraction of sp³-hybridized carbons (Fsp3) is 0.0714. The Bertz CT molecular complexity index is 966. The molecule has 148 valence electrons. The lowest BCUT2D eigenvalue weighted by Crippen LogP contribution is -2.70. The zero-order valence-corrected chi connectivity index (χ0v) is 17.9. The maximum absolute atomic E-state index is 11.7. The van der Waals surface area contributed by atoms with Gasteiger partial charge < -0.3 is 5.11 Å². The molecule has 0 fully saturated rings. The molecular formula is C28H26OSi. The fourth-order valence-corrected chi connectivity index (χ4v) is 9.91. The summed E-state index contributed by atoms with van der Waals surface area (Å²) in [4.78, 5) is 0. The second-order valence-electron chi connectivity index (χ2n) is 7.52. The van der Waals surface area contributed by atoms with Gasteiger partial charge in [-0.1, -0.05) is 127 Å². The van der Waals surface area contributed by atoms with Crippen molar-refractivity contribution in [2.45, 2.75) is 11.6 Å². The number of rotatable bonds is 7. The van der Waals surface area contributed by atoms with Gasteiger partial charge in [-0.3, -0.25) is 0 Å². The van der Waals surface area contributed by atoms with E-state index in [0.717, 1.165) is 5.56 Å². The van der Waals surface area contributed by atoms with E-state index >= 15 is 0 Å². The fourth-order valence-electron chi connectivity index (χ4n) is 4.58. The van der Waals surface area contributed by atoms with Gasteiger partial charge in [0.25, 0.3) is 0 Å². The zero-order valence-electron chi connectivity index (χ0n) is 16.9. The lowest BCUT2D eigenvalue weighted by Gasteiger charge is -2.41. The molecule has 0 saturated heterocycles. The second kappa shape index (κ2) is 9.08. The van der Waals surface area contributed by atoms with E-state index in [-0.39, 0.29) is 5.54 Å². The lowest BCUT2D eigenvalue weighted by atomic mass is 10.1. The maximum Gasteiger partial charge on any atom is 0.157 e. The van der Waals surface area contributed by atoms with Gasteiger partial charge in [0.1, 0.15) is 0 Å². The molecular weight excluding hydrogens is 380 g/mol. The first-order valence-electron chi connectivity index (χ1n) is 10.3. The molecule has 0 saturated carbocycles. The largest absolute Gasteiger partial charge is 0.388 e. The molecule has 0 spiro atoms. The van der Waals surface area contributed by atoms with Gasteiger partial charge in [-0.2, -0.15) is 0 Å². The van der Waals surface area contributed by atoms with Crippen LogP contribution in [0.1, 0.15) is 11.7 Å². The van der Waals surface area contributed by atoms with Gasteiger partial charge in [0.05, 0.1) is 6.10 Å². The van der Waals surface area contributed by atoms with E-state index in [1.165, 1.54) is 15.6 Å². The Morgan fingerprint density at radius 2 is 0.900 bits per heavy atom. The van der Waals surface area contributed by atoms with Crippen molar-refractivity contribution >= 4 is 23.6 Å². The summed E-state index contributed by atoms with van der Waals surface area (Å²) in [7, 11) is -2.67. The molecule has 0 aliphatic carbocycles. The molecule has 1 N–H and O–H groups in total. The number of benzene rings is 4. The summed E-state index contributed by atoms with van der Waals surface area (Å²) in [5.74, 6) is 0. The van der Waals surface area contributed by atoms with E-state index in [1.54, 1.807) is 0 Å². The summed E-state index contributed by atoms with van der Waals surface area (Å²) in [6.07, 6.45) is 1.31. The molecule has 0 aliphatic rings. The summed E-state index contributed by atoms with van der Waals surface area (Å²) in [5, 5.41) is 15.5. The van der Waals surface area contributed by atoms with E-state index < -0.39 is 14.2 Å². The van der Waals surface area contributed by atoms with Crippen molar-refractivity contribution in [1.82, 2.24) is 0 Å². The van der Waals surface area contributed by atoms with Crippen LogP contribution in [0.3, 0.4) is 0 Å². The van der Waals surface area contributed by atoms with Crippen molar-refractivity contribution in [3.63, 3.8) is 0 Å². The van der Waals surface area contributed by atoms with Gasteiger partial charge in [0.2, 0.25) is 0 Å². The van der Waals surface area contributed by atoms with Crippen molar-refractivity contribution in [2.24, 2.45) is 0 Å². The summed E-state index contributed by atoms with van der Waals surface area (Å²) in [6, 6.07) is 41.9. The Labute approximate surface area is 180 Å². The highest BCUT2D eigenvalue weighted by molar-refractivity contribution is 7.12. The molecule has 0 bridgehead atoms. The smallest absolute Gasteiger partial charge is 0.157 e. The topological polar surface area (TPSA) is 20.2 Å². The number of aliphatic hydroxyl groups excluding tert-OH is 1. The molecule has 2 atom stereocenters. The van der Waals surface area contributed by atoms with Crippen molar-refractivity contribution in [3.8, 4) is 0 Å². The molecule has 0 heterocycles. The van der Waals surface area contributed by atoms with Gasteiger partial charge >= 0.3 is 0 Å². The van der Waals surface area contributed by atoms with Crippen LogP contribution < -0.4 is 15.6 Å². The van der Waals surface area contributed by atoms with Crippen LogP contribution >= 0.6 is 0 Å². The molecule has 0 aliphatic heterocycles. The molecule has 4 aromatic rings. The summed E-state index contributed by atoms with van der Waals surface area (Å²) < 4.78 is 0.